The van der Waals surface area contributed by atoms with Crippen LogP contribution in [0.1, 0.15) is 54.8 Å². The Bertz CT molecular complexity index is 2610. The van der Waals surface area contributed by atoms with Crippen molar-refractivity contribution in [3.8, 4) is 0 Å². The Hall–Kier alpha value is -6.20. The van der Waals surface area contributed by atoms with Gasteiger partial charge in [-0.05, 0) is 34.4 Å². The molecule has 10 rings (SSSR count). The lowest BCUT2D eigenvalue weighted by atomic mass is 9.93. The summed E-state index contributed by atoms with van der Waals surface area (Å²) in [6, 6.07) is 54.5. The summed E-state index contributed by atoms with van der Waals surface area (Å²) in [7, 11) is 0. The van der Waals surface area contributed by atoms with Gasteiger partial charge in [-0.15, -0.1) is 6.58 Å². The van der Waals surface area contributed by atoms with Gasteiger partial charge < -0.3 is 47.4 Å². The Morgan fingerprint density at radius 1 is 0.521 bits per heavy atom. The predicted molar refractivity (Wildman–Crippen MR) is 260 cm³/mol. The number of amides is 2. The van der Waals surface area contributed by atoms with E-state index in [0.717, 1.165) is 27.8 Å². The van der Waals surface area contributed by atoms with Gasteiger partial charge in [-0.2, -0.15) is 0 Å². The van der Waals surface area contributed by atoms with E-state index in [-0.39, 0.29) is 50.8 Å². The highest BCUT2D eigenvalue weighted by atomic mass is 16.8. The van der Waals surface area contributed by atoms with Gasteiger partial charge in [0.2, 0.25) is 0 Å². The zero-order valence-electron chi connectivity index (χ0n) is 39.2. The molecular formula is C58H57NO12. The monoisotopic (exact) mass is 959 g/mol. The first-order chi connectivity index (χ1) is 35.0. The Labute approximate surface area is 413 Å². The van der Waals surface area contributed by atoms with E-state index in [1.54, 1.807) is 30.3 Å². The highest BCUT2D eigenvalue weighted by Gasteiger charge is 2.59. The van der Waals surface area contributed by atoms with E-state index in [4.69, 9.17) is 47.4 Å². The van der Waals surface area contributed by atoms with E-state index in [1.165, 1.54) is 4.90 Å². The average molecular weight is 960 g/mol. The maximum atomic E-state index is 14.7. The van der Waals surface area contributed by atoms with Crippen LogP contribution in [0.25, 0.3) is 0 Å². The molecule has 4 heterocycles. The highest BCUT2D eigenvalue weighted by Crippen LogP contribution is 2.42. The smallest absolute Gasteiger partial charge is 0.262 e. The average Bonchev–Trinajstić information content (AvgIpc) is 3.67. The third kappa shape index (κ3) is 11.3. The molecule has 4 aliphatic rings. The minimum absolute atomic E-state index is 0.0300. The summed E-state index contributed by atoms with van der Waals surface area (Å²) in [4.78, 5) is 30.5. The number of fused-ring (bicyclic) bond motifs is 2. The number of nitrogens with zero attached hydrogens (tertiary/aromatic N) is 1. The lowest BCUT2D eigenvalue weighted by Crippen LogP contribution is -2.70. The van der Waals surface area contributed by atoms with Gasteiger partial charge in [-0.25, -0.2) is 0 Å². The zero-order valence-corrected chi connectivity index (χ0v) is 39.2. The number of hydrogen-bond donors (Lipinski definition) is 0. The normalized spacial score (nSPS) is 27.2. The van der Waals surface area contributed by atoms with Crippen LogP contribution in [0.3, 0.4) is 0 Å². The van der Waals surface area contributed by atoms with Crippen molar-refractivity contribution >= 4 is 11.8 Å². The van der Waals surface area contributed by atoms with E-state index >= 15 is 0 Å². The molecular weight excluding hydrogens is 903 g/mol. The summed E-state index contributed by atoms with van der Waals surface area (Å²) in [5.41, 5.74) is 5.01. The molecule has 13 nitrogen and oxygen atoms in total. The van der Waals surface area contributed by atoms with E-state index < -0.39 is 79.5 Å². The molecule has 0 bridgehead atoms. The second kappa shape index (κ2) is 23.4. The lowest BCUT2D eigenvalue weighted by Gasteiger charge is -2.53. The lowest BCUT2D eigenvalue weighted by molar-refractivity contribution is -0.387. The molecule has 0 saturated carbocycles. The molecule has 2 amide bonds. The second-order valence-corrected chi connectivity index (χ2v) is 17.8. The third-order valence-corrected chi connectivity index (χ3v) is 13.0. The first-order valence-electron chi connectivity index (χ1n) is 24.1. The maximum Gasteiger partial charge on any atom is 0.262 e. The van der Waals surface area contributed by atoms with Gasteiger partial charge in [0.05, 0.1) is 57.4 Å². The quantitative estimate of drug-likeness (QED) is 0.0536. The Balaban J connectivity index is 1.08. The summed E-state index contributed by atoms with van der Waals surface area (Å²) >= 11 is 0. The highest BCUT2D eigenvalue weighted by molar-refractivity contribution is 6.21. The van der Waals surface area contributed by atoms with E-state index in [1.807, 2.05) is 152 Å². The summed E-state index contributed by atoms with van der Waals surface area (Å²) in [5, 5.41) is 0. The molecule has 366 valence electrons. The number of imide groups is 1. The predicted octanol–water partition coefficient (Wildman–Crippen LogP) is 8.78. The summed E-state index contributed by atoms with van der Waals surface area (Å²) < 4.78 is 68.4. The van der Waals surface area contributed by atoms with Crippen LogP contribution in [0.5, 0.6) is 0 Å². The van der Waals surface area contributed by atoms with Crippen molar-refractivity contribution < 1.29 is 57.0 Å². The van der Waals surface area contributed by atoms with Crippen molar-refractivity contribution in [1.82, 2.24) is 4.90 Å². The van der Waals surface area contributed by atoms with E-state index in [2.05, 4.69) is 6.58 Å². The molecule has 0 aliphatic carbocycles. The van der Waals surface area contributed by atoms with Gasteiger partial charge >= 0.3 is 0 Å². The molecule has 0 radical (unpaired) electrons. The first-order valence-corrected chi connectivity index (χ1v) is 24.1. The van der Waals surface area contributed by atoms with Gasteiger partial charge in [0.25, 0.3) is 11.8 Å². The fourth-order valence-electron chi connectivity index (χ4n) is 9.56. The van der Waals surface area contributed by atoms with Gasteiger partial charge in [-0.3, -0.25) is 14.5 Å². The molecule has 3 fully saturated rings. The van der Waals surface area contributed by atoms with Gasteiger partial charge in [-0.1, -0.05) is 170 Å². The zero-order chi connectivity index (χ0) is 48.4. The molecule has 11 atom stereocenters. The minimum Gasteiger partial charge on any atom is -0.374 e. The van der Waals surface area contributed by atoms with Crippen molar-refractivity contribution in [2.75, 3.05) is 19.8 Å². The van der Waals surface area contributed by atoms with E-state index in [0.29, 0.717) is 6.61 Å². The summed E-state index contributed by atoms with van der Waals surface area (Å²) in [6.07, 6.45) is -8.08. The largest absolute Gasteiger partial charge is 0.374 e. The molecule has 6 aromatic rings. The fraction of sp³-hybridized carbons (Fsp3) is 0.310. The number of hydrogen-bond acceptors (Lipinski definition) is 12. The summed E-state index contributed by atoms with van der Waals surface area (Å²) in [5.74, 6) is -1.06. The minimum atomic E-state index is -1.26. The fourth-order valence-corrected chi connectivity index (χ4v) is 9.56. The van der Waals surface area contributed by atoms with Crippen molar-refractivity contribution in [3.05, 3.63) is 228 Å². The van der Waals surface area contributed by atoms with Crippen molar-refractivity contribution in [1.29, 1.82) is 0 Å². The second-order valence-electron chi connectivity index (χ2n) is 17.8. The standard InChI is InChI=1S/C58H57NO12/c1-2-32-63-57-48(59-54(60)44-30-18-19-31-45(44)55(59)61)51(50-47(68-57)38-67-56(70-50)43-28-16-7-17-29-43)71-58-53(66-36-42-26-14-6-15-27-42)52(65-35-41-24-12-5-13-25-41)49(64-34-40-22-10-4-11-23-40)46(69-58)37-62-33-39-20-8-3-9-21-39/h2-31,46-53,56-58H,1,32-38H2/t46-,47-,48-,49+,50-,51-,52+,53-,56?,57-,58-/m1/s1. The Kier molecular flexibility index (Phi) is 15.9. The molecule has 13 heteroatoms. The SMILES string of the molecule is C=CCO[C@@H]1O[C@@H]2COC(c3ccccc3)O[C@H]2[C@H](O[C@H]2O[C@H](COCc3ccccc3)[C@H](OCc3ccccc3)[C@H](OCc3ccccc3)[C@H]2OCc2ccccc2)[C@H]1N1C(=O)c2ccccc2C1=O. The summed E-state index contributed by atoms with van der Waals surface area (Å²) in [6.45, 7) is 4.92. The number of carbonyl (C=O) groups is 2. The van der Waals surface area contributed by atoms with Crippen LogP contribution in [0, 0.1) is 0 Å². The van der Waals surface area contributed by atoms with Crippen LogP contribution in [-0.2, 0) is 73.8 Å². The van der Waals surface area contributed by atoms with Crippen molar-refractivity contribution in [2.45, 2.75) is 94.1 Å². The Morgan fingerprint density at radius 3 is 1.56 bits per heavy atom. The number of carbonyl (C=O) groups excluding carboxylic acids is 2. The van der Waals surface area contributed by atoms with Gasteiger partial charge in [0.1, 0.15) is 48.8 Å². The molecule has 3 saturated heterocycles. The maximum absolute atomic E-state index is 14.7. The van der Waals surface area contributed by atoms with Gasteiger partial charge in [0.15, 0.2) is 18.9 Å². The van der Waals surface area contributed by atoms with Crippen LogP contribution < -0.4 is 0 Å². The van der Waals surface area contributed by atoms with Crippen molar-refractivity contribution in [3.63, 3.8) is 0 Å². The number of ether oxygens (including phenoxy) is 10. The van der Waals surface area contributed by atoms with Gasteiger partial charge in [0, 0.05) is 5.56 Å². The Morgan fingerprint density at radius 2 is 1.01 bits per heavy atom. The molecule has 6 aromatic carbocycles. The number of benzene rings is 6. The van der Waals surface area contributed by atoms with Crippen LogP contribution in [-0.4, -0.2) is 97.9 Å². The molecule has 1 unspecified atom stereocenters. The number of rotatable bonds is 20. The molecule has 0 N–H and O–H groups in total. The van der Waals surface area contributed by atoms with Crippen molar-refractivity contribution in [2.24, 2.45) is 0 Å². The third-order valence-electron chi connectivity index (χ3n) is 13.0. The van der Waals surface area contributed by atoms with Crippen LogP contribution >= 0.6 is 0 Å². The molecule has 71 heavy (non-hydrogen) atoms. The first kappa shape index (κ1) is 48.4. The molecule has 0 spiro atoms. The van der Waals surface area contributed by atoms with Crippen LogP contribution in [0.4, 0.5) is 0 Å². The van der Waals surface area contributed by atoms with E-state index in [9.17, 15) is 9.59 Å². The van der Waals surface area contributed by atoms with Crippen LogP contribution in [0.2, 0.25) is 0 Å². The molecule has 0 aromatic heterocycles. The molecule has 4 aliphatic heterocycles. The van der Waals surface area contributed by atoms with Crippen LogP contribution in [0.15, 0.2) is 189 Å². The topological polar surface area (TPSA) is 130 Å².